The summed E-state index contributed by atoms with van der Waals surface area (Å²) in [5.41, 5.74) is 0.427. The van der Waals surface area contributed by atoms with E-state index in [-0.39, 0.29) is 28.6 Å². The fourth-order valence-corrected chi connectivity index (χ4v) is 6.81. The summed E-state index contributed by atoms with van der Waals surface area (Å²) in [7, 11) is 0. The maximum atomic E-state index is 6.71. The Labute approximate surface area is 129 Å². The van der Waals surface area contributed by atoms with Gasteiger partial charge in [-0.05, 0) is 30.1 Å². The van der Waals surface area contributed by atoms with E-state index in [1.165, 1.54) is 6.42 Å². The molecule has 4 rings (SSSR count). The van der Waals surface area contributed by atoms with Crippen LogP contribution in [-0.4, -0.2) is 24.4 Å². The molecule has 0 aromatic carbocycles. The molecule has 118 valence electrons. The summed E-state index contributed by atoms with van der Waals surface area (Å²) < 4.78 is 12.9. The van der Waals surface area contributed by atoms with E-state index in [9.17, 15) is 0 Å². The van der Waals surface area contributed by atoms with E-state index in [4.69, 9.17) is 9.47 Å². The van der Waals surface area contributed by atoms with E-state index in [1.54, 1.807) is 0 Å². The second kappa shape index (κ2) is 3.94. The first kappa shape index (κ1) is 14.3. The summed E-state index contributed by atoms with van der Waals surface area (Å²) >= 11 is 0. The molecule has 2 heteroatoms. The van der Waals surface area contributed by atoms with E-state index >= 15 is 0 Å². The molecular formula is C19H30O2. The molecular weight excluding hydrogens is 260 g/mol. The van der Waals surface area contributed by atoms with E-state index < -0.39 is 0 Å². The van der Waals surface area contributed by atoms with Gasteiger partial charge in [0.05, 0.1) is 18.8 Å². The largest absolute Gasteiger partial charge is 0.367 e. The molecule has 5 unspecified atom stereocenters. The summed E-state index contributed by atoms with van der Waals surface area (Å²) in [4.78, 5) is 0. The zero-order chi connectivity index (χ0) is 15.2. The molecule has 4 aliphatic rings. The monoisotopic (exact) mass is 290 g/mol. The van der Waals surface area contributed by atoms with Gasteiger partial charge in [0, 0.05) is 10.8 Å². The molecule has 1 spiro atoms. The maximum Gasteiger partial charge on any atom is 0.124 e. The Morgan fingerprint density at radius 1 is 1.10 bits per heavy atom. The molecule has 2 nitrogen and oxygen atoms in total. The highest BCUT2D eigenvalue weighted by Crippen LogP contribution is 2.76. The first-order chi connectivity index (χ1) is 9.86. The van der Waals surface area contributed by atoms with Crippen LogP contribution in [0.15, 0.2) is 12.2 Å². The minimum atomic E-state index is -0.00248. The van der Waals surface area contributed by atoms with Crippen molar-refractivity contribution in [3.8, 4) is 0 Å². The molecule has 0 radical (unpaired) electrons. The highest BCUT2D eigenvalue weighted by Gasteiger charge is 2.82. The van der Waals surface area contributed by atoms with Crippen LogP contribution in [0.3, 0.4) is 0 Å². The van der Waals surface area contributed by atoms with Crippen LogP contribution in [0.4, 0.5) is 0 Å². The number of hydrogen-bond acceptors (Lipinski definition) is 2. The van der Waals surface area contributed by atoms with Crippen LogP contribution < -0.4 is 0 Å². The number of rotatable bonds is 1. The van der Waals surface area contributed by atoms with Crippen LogP contribution in [0.2, 0.25) is 0 Å². The summed E-state index contributed by atoms with van der Waals surface area (Å²) in [6.45, 7) is 15.5. The second-order valence-electron chi connectivity index (χ2n) is 8.43. The predicted octanol–water partition coefficient (Wildman–Crippen LogP) is 4.05. The van der Waals surface area contributed by atoms with Gasteiger partial charge in [-0.3, -0.25) is 0 Å². The highest BCUT2D eigenvalue weighted by molar-refractivity contribution is 5.32. The van der Waals surface area contributed by atoms with Crippen molar-refractivity contribution >= 4 is 0 Å². The second-order valence-corrected chi connectivity index (χ2v) is 8.43. The van der Waals surface area contributed by atoms with Gasteiger partial charge in [0.15, 0.2) is 0 Å². The van der Waals surface area contributed by atoms with Crippen molar-refractivity contribution < 1.29 is 9.47 Å². The first-order valence-electron chi connectivity index (χ1n) is 8.84. The third-order valence-corrected chi connectivity index (χ3v) is 8.51. The number of hydrogen-bond donors (Lipinski definition) is 0. The summed E-state index contributed by atoms with van der Waals surface area (Å²) in [5, 5.41) is 0. The third kappa shape index (κ3) is 1.23. The van der Waals surface area contributed by atoms with Crippen LogP contribution in [0.1, 0.15) is 48.0 Å². The lowest BCUT2D eigenvalue weighted by Crippen LogP contribution is -2.66. The number of allylic oxidation sites excluding steroid dienone is 1. The summed E-state index contributed by atoms with van der Waals surface area (Å²) in [6, 6.07) is 0. The van der Waals surface area contributed by atoms with Gasteiger partial charge >= 0.3 is 0 Å². The number of ether oxygens (including phenoxy) is 2. The average Bonchev–Trinajstić information content (AvgIpc) is 3.25. The van der Waals surface area contributed by atoms with E-state index in [2.05, 4.69) is 53.7 Å². The lowest BCUT2D eigenvalue weighted by molar-refractivity contribution is -0.229. The standard InChI is InChI=1S/C19H30O2/c1-7-18-13(4)11(2)8-9-15(18)21-16-12(3)14(5)17(18,6)19(16)10-20-19/h8-9,11-16H,7,10H2,1-6H3/t11?,12-,13?,14-,15?,16?,17-,18?,19+/m1/s1. The Bertz CT molecular complexity index is 494. The van der Waals surface area contributed by atoms with Crippen molar-refractivity contribution in [1.82, 2.24) is 0 Å². The number of epoxide rings is 1. The van der Waals surface area contributed by atoms with Crippen LogP contribution in [0.5, 0.6) is 0 Å². The summed E-state index contributed by atoms with van der Waals surface area (Å²) in [5.74, 6) is 2.49. The van der Waals surface area contributed by atoms with E-state index in [0.29, 0.717) is 23.7 Å². The molecule has 9 atom stereocenters. The van der Waals surface area contributed by atoms with Gasteiger partial charge < -0.3 is 9.47 Å². The van der Waals surface area contributed by atoms with Crippen molar-refractivity contribution in [2.45, 2.75) is 65.8 Å². The van der Waals surface area contributed by atoms with Crippen molar-refractivity contribution in [1.29, 1.82) is 0 Å². The van der Waals surface area contributed by atoms with Gasteiger partial charge in [0.1, 0.15) is 5.60 Å². The fraction of sp³-hybridized carbons (Fsp3) is 0.895. The normalized spacial score (nSPS) is 64.7. The molecule has 0 N–H and O–H groups in total. The van der Waals surface area contributed by atoms with Crippen molar-refractivity contribution in [2.24, 2.45) is 34.5 Å². The van der Waals surface area contributed by atoms with Gasteiger partial charge in [-0.25, -0.2) is 0 Å². The predicted molar refractivity (Wildman–Crippen MR) is 84.0 cm³/mol. The zero-order valence-corrected chi connectivity index (χ0v) is 14.3. The molecule has 1 saturated carbocycles. The molecule has 0 aromatic rings. The van der Waals surface area contributed by atoms with Crippen LogP contribution in [0.25, 0.3) is 0 Å². The van der Waals surface area contributed by atoms with Crippen LogP contribution in [-0.2, 0) is 9.47 Å². The van der Waals surface area contributed by atoms with Crippen molar-refractivity contribution in [3.05, 3.63) is 12.2 Å². The van der Waals surface area contributed by atoms with Gasteiger partial charge in [0.25, 0.3) is 0 Å². The van der Waals surface area contributed by atoms with Gasteiger partial charge in [-0.2, -0.15) is 0 Å². The van der Waals surface area contributed by atoms with Gasteiger partial charge in [-0.1, -0.05) is 53.7 Å². The summed E-state index contributed by atoms with van der Waals surface area (Å²) in [6.07, 6.45) is 6.49. The Morgan fingerprint density at radius 2 is 1.76 bits per heavy atom. The highest BCUT2D eigenvalue weighted by atomic mass is 16.6. The first-order valence-corrected chi connectivity index (χ1v) is 8.84. The minimum Gasteiger partial charge on any atom is -0.367 e. The van der Waals surface area contributed by atoms with Crippen molar-refractivity contribution in [2.75, 3.05) is 6.61 Å². The van der Waals surface area contributed by atoms with Gasteiger partial charge in [0.2, 0.25) is 0 Å². The third-order valence-electron chi connectivity index (χ3n) is 8.51. The molecule has 2 bridgehead atoms. The van der Waals surface area contributed by atoms with Crippen molar-refractivity contribution in [3.63, 3.8) is 0 Å². The number of fused-ring (bicyclic) bond motifs is 2. The lowest BCUT2D eigenvalue weighted by atomic mass is 9.44. The minimum absolute atomic E-state index is 0.00248. The molecule has 2 aliphatic carbocycles. The lowest BCUT2D eigenvalue weighted by Gasteiger charge is -2.62. The maximum absolute atomic E-state index is 6.71. The Hall–Kier alpha value is -0.340. The Morgan fingerprint density at radius 3 is 2.33 bits per heavy atom. The quantitative estimate of drug-likeness (QED) is 0.537. The molecule has 0 aromatic heterocycles. The molecule has 3 fully saturated rings. The average molecular weight is 290 g/mol. The fourth-order valence-electron chi connectivity index (χ4n) is 6.81. The molecule has 2 heterocycles. The van der Waals surface area contributed by atoms with E-state index in [0.717, 1.165) is 6.61 Å². The molecule has 2 aliphatic heterocycles. The Kier molecular flexibility index (Phi) is 2.68. The Balaban J connectivity index is 1.96. The molecule has 2 saturated heterocycles. The van der Waals surface area contributed by atoms with Crippen LogP contribution in [0, 0.1) is 34.5 Å². The zero-order valence-electron chi connectivity index (χ0n) is 14.3. The van der Waals surface area contributed by atoms with Crippen LogP contribution >= 0.6 is 0 Å². The smallest absolute Gasteiger partial charge is 0.124 e. The SMILES string of the molecule is CCC12C(C=CC(C)C1C)OC1[C@H](C)[C@@H](C)[C@@]2(C)[C@]12CO2. The topological polar surface area (TPSA) is 21.8 Å². The molecule has 0 amide bonds. The van der Waals surface area contributed by atoms with Gasteiger partial charge in [-0.15, -0.1) is 0 Å². The van der Waals surface area contributed by atoms with E-state index in [1.807, 2.05) is 0 Å². The molecule has 21 heavy (non-hydrogen) atoms.